The van der Waals surface area contributed by atoms with E-state index in [1.165, 1.54) is 0 Å². The van der Waals surface area contributed by atoms with E-state index in [9.17, 15) is 9.90 Å². The molecule has 2 aromatic rings. The van der Waals surface area contributed by atoms with Gasteiger partial charge in [0.1, 0.15) is 0 Å². The van der Waals surface area contributed by atoms with Crippen LogP contribution in [0.1, 0.15) is 19.5 Å². The normalized spacial score (nSPS) is 11.9. The molecule has 0 amide bonds. The van der Waals surface area contributed by atoms with E-state index in [1.54, 1.807) is 26.0 Å². The fraction of sp³-hybridized carbons (Fsp3) is 0.250. The highest BCUT2D eigenvalue weighted by molar-refractivity contribution is 5.81. The van der Waals surface area contributed by atoms with Crippen LogP contribution in [0.3, 0.4) is 0 Å². The van der Waals surface area contributed by atoms with Gasteiger partial charge in [-0.2, -0.15) is 0 Å². The van der Waals surface area contributed by atoms with Gasteiger partial charge in [-0.25, -0.2) is 0 Å². The van der Waals surface area contributed by atoms with Gasteiger partial charge in [0.15, 0.2) is 0 Å². The number of H-pyrrole nitrogens is 1. The predicted molar refractivity (Wildman–Crippen MR) is 59.8 cm³/mol. The van der Waals surface area contributed by atoms with Crippen molar-refractivity contribution in [1.29, 1.82) is 0 Å². The van der Waals surface area contributed by atoms with E-state index in [0.717, 1.165) is 5.39 Å². The third-order valence-corrected chi connectivity index (χ3v) is 2.41. The highest BCUT2D eigenvalue weighted by atomic mass is 16.3. The molecule has 0 aliphatic rings. The van der Waals surface area contributed by atoms with Crippen molar-refractivity contribution >= 4 is 10.8 Å². The average Bonchev–Trinajstić information content (AvgIpc) is 2.16. The Balaban J connectivity index is 2.79. The molecular formula is C12H13NO2. The SMILES string of the molecule is CC(C)(O)c1cc2ccccc2c(=O)[nH]1. The van der Waals surface area contributed by atoms with Crippen LogP contribution in [-0.2, 0) is 5.60 Å². The molecule has 1 aromatic carbocycles. The minimum Gasteiger partial charge on any atom is -0.384 e. The second kappa shape index (κ2) is 3.21. The molecule has 3 heteroatoms. The highest BCUT2D eigenvalue weighted by Gasteiger charge is 2.17. The maximum absolute atomic E-state index is 11.7. The van der Waals surface area contributed by atoms with Crippen molar-refractivity contribution < 1.29 is 5.11 Å². The third-order valence-electron chi connectivity index (χ3n) is 2.41. The van der Waals surface area contributed by atoms with Crippen LogP contribution in [0, 0.1) is 0 Å². The molecule has 0 unspecified atom stereocenters. The summed E-state index contributed by atoms with van der Waals surface area (Å²) in [6.45, 7) is 3.29. The first-order chi connectivity index (χ1) is 6.98. The molecule has 0 bridgehead atoms. The highest BCUT2D eigenvalue weighted by Crippen LogP contribution is 2.19. The Kier molecular flexibility index (Phi) is 2.12. The fourth-order valence-electron chi connectivity index (χ4n) is 1.54. The van der Waals surface area contributed by atoms with E-state index in [2.05, 4.69) is 4.98 Å². The number of rotatable bonds is 1. The number of aromatic amines is 1. The summed E-state index contributed by atoms with van der Waals surface area (Å²) < 4.78 is 0. The summed E-state index contributed by atoms with van der Waals surface area (Å²) in [6, 6.07) is 9.12. The van der Waals surface area contributed by atoms with E-state index >= 15 is 0 Å². The van der Waals surface area contributed by atoms with Crippen LogP contribution < -0.4 is 5.56 Å². The molecule has 1 heterocycles. The van der Waals surface area contributed by atoms with Crippen molar-refractivity contribution in [2.75, 3.05) is 0 Å². The molecule has 2 rings (SSSR count). The molecular weight excluding hydrogens is 190 g/mol. The summed E-state index contributed by atoms with van der Waals surface area (Å²) in [7, 11) is 0. The summed E-state index contributed by atoms with van der Waals surface area (Å²) >= 11 is 0. The third kappa shape index (κ3) is 1.78. The molecule has 1 aromatic heterocycles. The van der Waals surface area contributed by atoms with Crippen LogP contribution in [0.2, 0.25) is 0 Å². The predicted octanol–water partition coefficient (Wildman–Crippen LogP) is 1.76. The Morgan fingerprint density at radius 3 is 2.60 bits per heavy atom. The zero-order chi connectivity index (χ0) is 11.1. The van der Waals surface area contributed by atoms with Gasteiger partial charge in [0.05, 0.1) is 5.60 Å². The topological polar surface area (TPSA) is 53.1 Å². The van der Waals surface area contributed by atoms with Gasteiger partial charge < -0.3 is 10.1 Å². The van der Waals surface area contributed by atoms with Gasteiger partial charge >= 0.3 is 0 Å². The first-order valence-corrected chi connectivity index (χ1v) is 4.83. The molecule has 0 radical (unpaired) electrons. The maximum atomic E-state index is 11.7. The molecule has 0 fully saturated rings. The lowest BCUT2D eigenvalue weighted by Gasteiger charge is -2.17. The monoisotopic (exact) mass is 203 g/mol. The largest absolute Gasteiger partial charge is 0.384 e. The summed E-state index contributed by atoms with van der Waals surface area (Å²) in [5, 5.41) is 11.3. The fourth-order valence-corrected chi connectivity index (χ4v) is 1.54. The van der Waals surface area contributed by atoms with Crippen LogP contribution in [0.4, 0.5) is 0 Å². The van der Waals surface area contributed by atoms with E-state index < -0.39 is 5.60 Å². The lowest BCUT2D eigenvalue weighted by atomic mass is 10.0. The summed E-state index contributed by atoms with van der Waals surface area (Å²) in [5.74, 6) is 0. The van der Waals surface area contributed by atoms with Gasteiger partial charge in [0, 0.05) is 11.1 Å². The van der Waals surface area contributed by atoms with Gasteiger partial charge in [0.2, 0.25) is 0 Å². The van der Waals surface area contributed by atoms with Gasteiger partial charge in [-0.3, -0.25) is 4.79 Å². The molecule has 0 atom stereocenters. The van der Waals surface area contributed by atoms with Crippen molar-refractivity contribution in [2.24, 2.45) is 0 Å². The molecule has 3 nitrogen and oxygen atoms in total. The number of hydrogen-bond donors (Lipinski definition) is 2. The minimum atomic E-state index is -1.02. The Hall–Kier alpha value is -1.61. The van der Waals surface area contributed by atoms with Crippen molar-refractivity contribution in [3.05, 3.63) is 46.4 Å². The zero-order valence-corrected chi connectivity index (χ0v) is 8.74. The Labute approximate surface area is 87.4 Å². The van der Waals surface area contributed by atoms with Crippen LogP contribution in [0.15, 0.2) is 35.1 Å². The smallest absolute Gasteiger partial charge is 0.256 e. The van der Waals surface area contributed by atoms with Crippen LogP contribution >= 0.6 is 0 Å². The number of pyridine rings is 1. The summed E-state index contributed by atoms with van der Waals surface area (Å²) in [6.07, 6.45) is 0. The first kappa shape index (κ1) is 9.93. The molecule has 2 N–H and O–H groups in total. The number of fused-ring (bicyclic) bond motifs is 1. The number of nitrogens with one attached hydrogen (secondary N) is 1. The quantitative estimate of drug-likeness (QED) is 0.742. The molecule has 0 aliphatic carbocycles. The molecule has 0 saturated heterocycles. The molecule has 15 heavy (non-hydrogen) atoms. The second-order valence-corrected chi connectivity index (χ2v) is 4.16. The number of hydrogen-bond acceptors (Lipinski definition) is 2. The van der Waals surface area contributed by atoms with Gasteiger partial charge in [0.25, 0.3) is 5.56 Å². The minimum absolute atomic E-state index is 0.162. The number of aromatic nitrogens is 1. The Bertz CT molecular complexity index is 549. The molecule has 0 saturated carbocycles. The lowest BCUT2D eigenvalue weighted by molar-refractivity contribution is 0.0738. The maximum Gasteiger partial charge on any atom is 0.256 e. The van der Waals surface area contributed by atoms with Gasteiger partial charge in [-0.05, 0) is 31.4 Å². The molecule has 78 valence electrons. The summed E-state index contributed by atoms with van der Waals surface area (Å²) in [4.78, 5) is 14.4. The molecule has 0 aliphatic heterocycles. The number of benzene rings is 1. The summed E-state index contributed by atoms with van der Waals surface area (Å²) in [5.41, 5.74) is -0.653. The standard InChI is InChI=1S/C12H13NO2/c1-12(2,15)10-7-8-5-3-4-6-9(8)11(14)13-10/h3-7,15H,1-2H3,(H,13,14). The zero-order valence-electron chi connectivity index (χ0n) is 8.74. The van der Waals surface area contributed by atoms with Crippen molar-refractivity contribution in [1.82, 2.24) is 4.98 Å². The average molecular weight is 203 g/mol. The first-order valence-electron chi connectivity index (χ1n) is 4.83. The Morgan fingerprint density at radius 1 is 1.27 bits per heavy atom. The second-order valence-electron chi connectivity index (χ2n) is 4.16. The number of aliphatic hydroxyl groups is 1. The van der Waals surface area contributed by atoms with Gasteiger partial charge in [-0.15, -0.1) is 0 Å². The van der Waals surface area contributed by atoms with Crippen LogP contribution in [0.5, 0.6) is 0 Å². The van der Waals surface area contributed by atoms with Crippen molar-refractivity contribution in [3.63, 3.8) is 0 Å². The van der Waals surface area contributed by atoms with Gasteiger partial charge in [-0.1, -0.05) is 18.2 Å². The lowest BCUT2D eigenvalue weighted by Crippen LogP contribution is -2.22. The van der Waals surface area contributed by atoms with E-state index in [4.69, 9.17) is 0 Å². The van der Waals surface area contributed by atoms with Crippen molar-refractivity contribution in [2.45, 2.75) is 19.4 Å². The van der Waals surface area contributed by atoms with Crippen molar-refractivity contribution in [3.8, 4) is 0 Å². The van der Waals surface area contributed by atoms with E-state index in [0.29, 0.717) is 11.1 Å². The van der Waals surface area contributed by atoms with E-state index in [1.807, 2.05) is 18.2 Å². The van der Waals surface area contributed by atoms with Crippen LogP contribution in [-0.4, -0.2) is 10.1 Å². The molecule has 0 spiro atoms. The van der Waals surface area contributed by atoms with Crippen LogP contribution in [0.25, 0.3) is 10.8 Å². The van der Waals surface area contributed by atoms with E-state index in [-0.39, 0.29) is 5.56 Å². The Morgan fingerprint density at radius 2 is 1.93 bits per heavy atom.